The monoisotopic (exact) mass is 488 g/mol. The summed E-state index contributed by atoms with van der Waals surface area (Å²) in [5.74, 6) is -3.11. The number of amides is 3. The van der Waals surface area contributed by atoms with Crippen LogP contribution >= 0.6 is 0 Å². The minimum Gasteiger partial charge on any atom is -0.480 e. The number of hydrogen-bond donors (Lipinski definition) is 7. The van der Waals surface area contributed by atoms with E-state index in [9.17, 15) is 24.3 Å². The van der Waals surface area contributed by atoms with Gasteiger partial charge >= 0.3 is 5.97 Å². The molecule has 0 aliphatic rings. The summed E-state index contributed by atoms with van der Waals surface area (Å²) in [4.78, 5) is 52.1. The van der Waals surface area contributed by atoms with Gasteiger partial charge in [-0.05, 0) is 49.8 Å². The first kappa shape index (κ1) is 27.8. The lowest BCUT2D eigenvalue weighted by atomic mass is 10.0. The van der Waals surface area contributed by atoms with Gasteiger partial charge in [-0.1, -0.05) is 32.0 Å². The average Bonchev–Trinajstić information content (AvgIpc) is 3.22. The van der Waals surface area contributed by atoms with Gasteiger partial charge in [-0.3, -0.25) is 14.4 Å². The summed E-state index contributed by atoms with van der Waals surface area (Å²) < 4.78 is 0. The number of rotatable bonds is 14. The van der Waals surface area contributed by atoms with Crippen molar-refractivity contribution >= 4 is 34.6 Å². The fraction of sp³-hybridized carbons (Fsp3) is 0.500. The Hall–Kier alpha value is -3.44. The van der Waals surface area contributed by atoms with Crippen LogP contribution in [-0.4, -0.2) is 65.0 Å². The summed E-state index contributed by atoms with van der Waals surface area (Å²) in [6, 6.07) is 4.83. The zero-order chi connectivity index (χ0) is 26.0. The van der Waals surface area contributed by atoms with Gasteiger partial charge in [-0.2, -0.15) is 0 Å². The van der Waals surface area contributed by atoms with E-state index in [-0.39, 0.29) is 18.8 Å². The number of para-hydroxylation sites is 1. The number of carboxylic acid groups (broad SMARTS) is 1. The minimum atomic E-state index is -1.15. The van der Waals surface area contributed by atoms with Crippen molar-refractivity contribution < 1.29 is 24.3 Å². The first-order chi connectivity index (χ1) is 16.6. The van der Waals surface area contributed by atoms with E-state index < -0.39 is 48.4 Å². The highest BCUT2D eigenvalue weighted by Crippen LogP contribution is 2.18. The number of nitrogens with one attached hydrogen (secondary N) is 4. The molecule has 0 saturated heterocycles. The Morgan fingerprint density at radius 3 is 2.43 bits per heavy atom. The van der Waals surface area contributed by atoms with Crippen LogP contribution in [0.15, 0.2) is 30.5 Å². The van der Waals surface area contributed by atoms with E-state index in [1.807, 2.05) is 30.5 Å². The number of aromatic nitrogens is 1. The maximum atomic E-state index is 12.7. The first-order valence-corrected chi connectivity index (χ1v) is 11.7. The second-order valence-electron chi connectivity index (χ2n) is 8.86. The highest BCUT2D eigenvalue weighted by molar-refractivity contribution is 5.93. The molecule has 1 aromatic heterocycles. The van der Waals surface area contributed by atoms with Crippen molar-refractivity contribution in [3.63, 3.8) is 0 Å². The lowest BCUT2D eigenvalue weighted by Gasteiger charge is -2.23. The van der Waals surface area contributed by atoms with Crippen LogP contribution in [-0.2, 0) is 25.6 Å². The molecule has 2 aromatic rings. The molecule has 11 nitrogen and oxygen atoms in total. The van der Waals surface area contributed by atoms with Crippen molar-refractivity contribution in [1.82, 2.24) is 20.9 Å². The average molecular weight is 489 g/mol. The van der Waals surface area contributed by atoms with Gasteiger partial charge in [0.15, 0.2) is 0 Å². The number of H-pyrrole nitrogens is 1. The molecule has 0 aliphatic carbocycles. The van der Waals surface area contributed by atoms with Crippen LogP contribution in [0.5, 0.6) is 0 Å². The highest BCUT2D eigenvalue weighted by Gasteiger charge is 2.27. The number of carbonyl (C=O) groups excluding carboxylic acids is 3. The number of benzene rings is 1. The lowest BCUT2D eigenvalue weighted by molar-refractivity contribution is -0.142. The van der Waals surface area contributed by atoms with E-state index in [0.717, 1.165) is 16.5 Å². The molecule has 0 aliphatic heterocycles. The number of carbonyl (C=O) groups is 4. The molecule has 2 rings (SSSR count). The van der Waals surface area contributed by atoms with Gasteiger partial charge < -0.3 is 37.5 Å². The summed E-state index contributed by atoms with van der Waals surface area (Å²) >= 11 is 0. The van der Waals surface area contributed by atoms with Crippen LogP contribution in [0.3, 0.4) is 0 Å². The number of unbranched alkanes of at least 4 members (excludes halogenated alkanes) is 1. The number of aromatic amines is 1. The second-order valence-corrected chi connectivity index (χ2v) is 8.86. The van der Waals surface area contributed by atoms with Crippen molar-refractivity contribution in [3.05, 3.63) is 36.0 Å². The Labute approximate surface area is 204 Å². The lowest BCUT2D eigenvalue weighted by Crippen LogP contribution is -2.55. The van der Waals surface area contributed by atoms with Gasteiger partial charge in [0.25, 0.3) is 0 Å². The van der Waals surface area contributed by atoms with Crippen molar-refractivity contribution in [2.45, 2.75) is 57.7 Å². The third-order valence-corrected chi connectivity index (χ3v) is 5.70. The van der Waals surface area contributed by atoms with Crippen molar-refractivity contribution in [3.8, 4) is 0 Å². The van der Waals surface area contributed by atoms with Crippen molar-refractivity contribution in [1.29, 1.82) is 0 Å². The maximum absolute atomic E-state index is 12.7. The molecule has 192 valence electrons. The zero-order valence-corrected chi connectivity index (χ0v) is 20.2. The molecule has 0 spiro atoms. The molecule has 0 fully saturated rings. The smallest absolute Gasteiger partial charge is 0.326 e. The number of fused-ring (bicyclic) bond motifs is 1. The van der Waals surface area contributed by atoms with E-state index >= 15 is 0 Å². The quantitative estimate of drug-likeness (QED) is 0.182. The standard InChI is InChI=1S/C24H36N6O5/c1-14(2)21(23(33)28-13-20(31)29-19(24(34)35)9-5-6-10-25)30-22(32)17(26)11-15-12-27-18-8-4-3-7-16(15)18/h3-4,7-8,12,14,17,19,21,27H,5-6,9-11,13,25-26H2,1-2H3,(H,28,33)(H,29,31)(H,30,32)(H,34,35). The minimum absolute atomic E-state index is 0.241. The first-order valence-electron chi connectivity index (χ1n) is 11.7. The molecule has 1 heterocycles. The molecule has 11 heteroatoms. The normalized spacial score (nSPS) is 13.7. The Morgan fingerprint density at radius 2 is 1.77 bits per heavy atom. The molecule has 0 saturated carbocycles. The van der Waals surface area contributed by atoms with Crippen LogP contribution in [0.2, 0.25) is 0 Å². The van der Waals surface area contributed by atoms with E-state index in [0.29, 0.717) is 19.4 Å². The molecule has 3 amide bonds. The van der Waals surface area contributed by atoms with Crippen LogP contribution in [0.25, 0.3) is 10.9 Å². The molecule has 1 aromatic carbocycles. The van der Waals surface area contributed by atoms with E-state index in [1.165, 1.54) is 0 Å². The third kappa shape index (κ3) is 8.37. The van der Waals surface area contributed by atoms with E-state index in [2.05, 4.69) is 20.9 Å². The van der Waals surface area contributed by atoms with Crippen molar-refractivity contribution in [2.24, 2.45) is 17.4 Å². The Bertz CT molecular complexity index is 1020. The topological polar surface area (TPSA) is 192 Å². The highest BCUT2D eigenvalue weighted by atomic mass is 16.4. The Kier molecular flexibility index (Phi) is 10.7. The van der Waals surface area contributed by atoms with Crippen LogP contribution in [0.4, 0.5) is 0 Å². The molecular formula is C24H36N6O5. The SMILES string of the molecule is CC(C)C(NC(=O)C(N)Cc1c[nH]c2ccccc12)C(=O)NCC(=O)NC(CCCCN)C(=O)O. The van der Waals surface area contributed by atoms with Crippen molar-refractivity contribution in [2.75, 3.05) is 13.1 Å². The van der Waals surface area contributed by atoms with Gasteiger partial charge in [0.1, 0.15) is 12.1 Å². The molecule has 3 atom stereocenters. The Morgan fingerprint density at radius 1 is 1.06 bits per heavy atom. The molecule has 3 unspecified atom stereocenters. The molecular weight excluding hydrogens is 452 g/mol. The summed E-state index contributed by atoms with van der Waals surface area (Å²) in [5, 5.41) is 17.8. The fourth-order valence-corrected chi connectivity index (χ4v) is 3.70. The van der Waals surface area contributed by atoms with Gasteiger partial charge in [-0.25, -0.2) is 4.79 Å². The van der Waals surface area contributed by atoms with Gasteiger partial charge in [0.05, 0.1) is 12.6 Å². The largest absolute Gasteiger partial charge is 0.480 e. The van der Waals surface area contributed by atoms with Gasteiger partial charge in [0.2, 0.25) is 17.7 Å². The fourth-order valence-electron chi connectivity index (χ4n) is 3.70. The summed E-state index contributed by atoms with van der Waals surface area (Å²) in [5.41, 5.74) is 13.4. The molecule has 0 bridgehead atoms. The van der Waals surface area contributed by atoms with Crippen LogP contribution in [0.1, 0.15) is 38.7 Å². The number of aliphatic carboxylic acids is 1. The van der Waals surface area contributed by atoms with Crippen LogP contribution in [0, 0.1) is 5.92 Å². The second kappa shape index (κ2) is 13.4. The van der Waals surface area contributed by atoms with E-state index in [1.54, 1.807) is 13.8 Å². The third-order valence-electron chi connectivity index (χ3n) is 5.70. The molecule has 0 radical (unpaired) electrons. The molecule has 9 N–H and O–H groups in total. The summed E-state index contributed by atoms with van der Waals surface area (Å²) in [6.07, 6.45) is 3.54. The number of hydrogen-bond acceptors (Lipinski definition) is 6. The summed E-state index contributed by atoms with van der Waals surface area (Å²) in [6.45, 7) is 3.53. The van der Waals surface area contributed by atoms with E-state index in [4.69, 9.17) is 11.5 Å². The maximum Gasteiger partial charge on any atom is 0.326 e. The predicted octanol–water partition coefficient (Wildman–Crippen LogP) is -0.00690. The number of nitrogens with two attached hydrogens (primary N) is 2. The van der Waals surface area contributed by atoms with Gasteiger partial charge in [0, 0.05) is 17.1 Å². The van der Waals surface area contributed by atoms with Crippen LogP contribution < -0.4 is 27.4 Å². The Balaban J connectivity index is 1.90. The molecule has 35 heavy (non-hydrogen) atoms. The zero-order valence-electron chi connectivity index (χ0n) is 20.2. The predicted molar refractivity (Wildman–Crippen MR) is 132 cm³/mol. The number of carboxylic acids is 1. The van der Waals surface area contributed by atoms with Gasteiger partial charge in [-0.15, -0.1) is 0 Å². The summed E-state index contributed by atoms with van der Waals surface area (Å²) in [7, 11) is 0.